The second-order valence-electron chi connectivity index (χ2n) is 4.26. The maximum atomic E-state index is 5.33. The number of hydrogen-bond acceptors (Lipinski definition) is 3. The Morgan fingerprint density at radius 3 is 2.44 bits per heavy atom. The summed E-state index contributed by atoms with van der Waals surface area (Å²) >= 11 is 0. The fourth-order valence-electron chi connectivity index (χ4n) is 1.89. The minimum atomic E-state index is 0.261. The number of benzene rings is 1. The van der Waals surface area contributed by atoms with Gasteiger partial charge in [-0.25, -0.2) is 0 Å². The Balaban J connectivity index is 2.95. The van der Waals surface area contributed by atoms with Crippen molar-refractivity contribution >= 4 is 0 Å². The van der Waals surface area contributed by atoms with Crippen LogP contribution in [0.2, 0.25) is 0 Å². The fraction of sp³-hybridized carbons (Fsp3) is 0.467. The molecule has 0 saturated heterocycles. The van der Waals surface area contributed by atoms with Crippen molar-refractivity contribution in [1.29, 1.82) is 0 Å². The third-order valence-corrected chi connectivity index (χ3v) is 3.15. The maximum absolute atomic E-state index is 5.33. The zero-order valence-electron chi connectivity index (χ0n) is 11.7. The average molecular weight is 249 g/mol. The summed E-state index contributed by atoms with van der Waals surface area (Å²) in [5.74, 6) is 1.52. The van der Waals surface area contributed by atoms with E-state index in [4.69, 9.17) is 9.47 Å². The van der Waals surface area contributed by atoms with Crippen LogP contribution in [0.25, 0.3) is 0 Å². The lowest BCUT2D eigenvalue weighted by atomic mass is 9.98. The van der Waals surface area contributed by atoms with Crippen LogP contribution in [0, 0.1) is 0 Å². The Labute approximate surface area is 110 Å². The van der Waals surface area contributed by atoms with Gasteiger partial charge in [-0.3, -0.25) is 0 Å². The third kappa shape index (κ3) is 3.50. The predicted molar refractivity (Wildman–Crippen MR) is 75.4 cm³/mol. The van der Waals surface area contributed by atoms with Gasteiger partial charge in [0.1, 0.15) is 0 Å². The van der Waals surface area contributed by atoms with E-state index in [9.17, 15) is 0 Å². The number of nitrogens with one attached hydrogen (secondary N) is 1. The van der Waals surface area contributed by atoms with Crippen LogP contribution in [-0.2, 0) is 0 Å². The molecule has 0 aliphatic rings. The zero-order chi connectivity index (χ0) is 13.5. The van der Waals surface area contributed by atoms with E-state index < -0.39 is 0 Å². The molecule has 0 spiro atoms. The Morgan fingerprint density at radius 2 is 1.94 bits per heavy atom. The van der Waals surface area contributed by atoms with Crippen molar-refractivity contribution in [2.75, 3.05) is 21.3 Å². The van der Waals surface area contributed by atoms with E-state index in [1.54, 1.807) is 14.2 Å². The summed E-state index contributed by atoms with van der Waals surface area (Å²) in [5, 5.41) is 3.32. The third-order valence-electron chi connectivity index (χ3n) is 3.15. The van der Waals surface area contributed by atoms with Crippen LogP contribution in [0.4, 0.5) is 0 Å². The molecule has 0 aromatic heterocycles. The van der Waals surface area contributed by atoms with Crippen LogP contribution in [0.5, 0.6) is 11.5 Å². The molecule has 3 nitrogen and oxygen atoms in total. The van der Waals surface area contributed by atoms with E-state index in [1.807, 2.05) is 19.2 Å². The first-order valence-electron chi connectivity index (χ1n) is 6.22. The highest BCUT2D eigenvalue weighted by Crippen LogP contribution is 2.31. The SMILES string of the molecule is C=C(CC)CC(NC)c1ccc(OC)c(OC)c1. The van der Waals surface area contributed by atoms with E-state index in [2.05, 4.69) is 24.9 Å². The number of rotatable bonds is 7. The molecule has 1 aromatic carbocycles. The van der Waals surface area contributed by atoms with Crippen molar-refractivity contribution in [2.24, 2.45) is 0 Å². The molecule has 0 amide bonds. The van der Waals surface area contributed by atoms with Crippen molar-refractivity contribution in [1.82, 2.24) is 5.32 Å². The normalized spacial score (nSPS) is 12.0. The summed E-state index contributed by atoms with van der Waals surface area (Å²) in [4.78, 5) is 0. The van der Waals surface area contributed by atoms with Crippen molar-refractivity contribution in [2.45, 2.75) is 25.8 Å². The van der Waals surface area contributed by atoms with Gasteiger partial charge in [0.15, 0.2) is 11.5 Å². The largest absolute Gasteiger partial charge is 0.493 e. The summed E-state index contributed by atoms with van der Waals surface area (Å²) < 4.78 is 10.6. The van der Waals surface area contributed by atoms with E-state index >= 15 is 0 Å². The molecule has 3 heteroatoms. The first kappa shape index (κ1) is 14.6. The molecular formula is C15H23NO2. The molecule has 0 fully saturated rings. The number of methoxy groups -OCH3 is 2. The quantitative estimate of drug-likeness (QED) is 0.752. The van der Waals surface area contributed by atoms with Crippen molar-refractivity contribution in [3.05, 3.63) is 35.9 Å². The number of ether oxygens (including phenoxy) is 2. The lowest BCUT2D eigenvalue weighted by Gasteiger charge is -2.19. The van der Waals surface area contributed by atoms with Crippen LogP contribution >= 0.6 is 0 Å². The second-order valence-corrected chi connectivity index (χ2v) is 4.26. The van der Waals surface area contributed by atoms with E-state index in [-0.39, 0.29) is 6.04 Å². The Morgan fingerprint density at radius 1 is 1.28 bits per heavy atom. The van der Waals surface area contributed by atoms with Crippen LogP contribution in [0.3, 0.4) is 0 Å². The van der Waals surface area contributed by atoms with E-state index in [0.29, 0.717) is 0 Å². The minimum absolute atomic E-state index is 0.261. The highest BCUT2D eigenvalue weighted by Gasteiger charge is 2.13. The molecule has 1 aromatic rings. The van der Waals surface area contributed by atoms with Crippen LogP contribution in [-0.4, -0.2) is 21.3 Å². The molecule has 18 heavy (non-hydrogen) atoms. The molecular weight excluding hydrogens is 226 g/mol. The number of hydrogen-bond donors (Lipinski definition) is 1. The van der Waals surface area contributed by atoms with Crippen molar-refractivity contribution < 1.29 is 9.47 Å². The smallest absolute Gasteiger partial charge is 0.161 e. The molecule has 1 rings (SSSR count). The average Bonchev–Trinajstić information content (AvgIpc) is 2.43. The van der Waals surface area contributed by atoms with Gasteiger partial charge in [0.05, 0.1) is 14.2 Å². The van der Waals surface area contributed by atoms with Gasteiger partial charge in [-0.2, -0.15) is 0 Å². The molecule has 0 radical (unpaired) electrons. The standard InChI is InChI=1S/C15H23NO2/c1-6-11(2)9-13(16-3)12-7-8-14(17-4)15(10-12)18-5/h7-8,10,13,16H,2,6,9H2,1,3-5H3. The van der Waals surface area contributed by atoms with Gasteiger partial charge in [0.2, 0.25) is 0 Å². The van der Waals surface area contributed by atoms with Gasteiger partial charge in [-0.05, 0) is 37.6 Å². The highest BCUT2D eigenvalue weighted by molar-refractivity contribution is 5.44. The second kappa shape index (κ2) is 7.07. The summed E-state index contributed by atoms with van der Waals surface area (Å²) in [6, 6.07) is 6.28. The molecule has 100 valence electrons. The molecule has 0 bridgehead atoms. The lowest BCUT2D eigenvalue weighted by Crippen LogP contribution is -2.17. The van der Waals surface area contributed by atoms with Crippen LogP contribution in [0.15, 0.2) is 30.4 Å². The molecule has 1 N–H and O–H groups in total. The first-order valence-corrected chi connectivity index (χ1v) is 6.22. The zero-order valence-corrected chi connectivity index (χ0v) is 11.7. The van der Waals surface area contributed by atoms with Gasteiger partial charge in [0.25, 0.3) is 0 Å². The van der Waals surface area contributed by atoms with Gasteiger partial charge < -0.3 is 14.8 Å². The summed E-state index contributed by atoms with van der Waals surface area (Å²) in [6.07, 6.45) is 1.94. The highest BCUT2D eigenvalue weighted by atomic mass is 16.5. The van der Waals surface area contributed by atoms with Crippen LogP contribution in [0.1, 0.15) is 31.4 Å². The first-order chi connectivity index (χ1) is 8.65. The van der Waals surface area contributed by atoms with Crippen molar-refractivity contribution in [3.63, 3.8) is 0 Å². The molecule has 0 heterocycles. The molecule has 0 aliphatic carbocycles. The topological polar surface area (TPSA) is 30.5 Å². The van der Waals surface area contributed by atoms with E-state index in [1.165, 1.54) is 11.1 Å². The molecule has 0 aliphatic heterocycles. The summed E-state index contributed by atoms with van der Waals surface area (Å²) in [5.41, 5.74) is 2.42. The lowest BCUT2D eigenvalue weighted by molar-refractivity contribution is 0.354. The fourth-order valence-corrected chi connectivity index (χ4v) is 1.89. The van der Waals surface area contributed by atoms with Gasteiger partial charge in [-0.15, -0.1) is 0 Å². The molecule has 1 unspecified atom stereocenters. The Kier molecular flexibility index (Phi) is 5.72. The Hall–Kier alpha value is -1.48. The minimum Gasteiger partial charge on any atom is -0.493 e. The van der Waals surface area contributed by atoms with Gasteiger partial charge in [-0.1, -0.05) is 25.1 Å². The summed E-state index contributed by atoms with van der Waals surface area (Å²) in [6.45, 7) is 6.20. The summed E-state index contributed by atoms with van der Waals surface area (Å²) in [7, 11) is 5.26. The van der Waals surface area contributed by atoms with Gasteiger partial charge in [0, 0.05) is 6.04 Å². The Bertz CT molecular complexity index is 401. The monoisotopic (exact) mass is 249 g/mol. The van der Waals surface area contributed by atoms with E-state index in [0.717, 1.165) is 24.3 Å². The van der Waals surface area contributed by atoms with Gasteiger partial charge >= 0.3 is 0 Å². The maximum Gasteiger partial charge on any atom is 0.161 e. The molecule has 1 atom stereocenters. The predicted octanol–water partition coefficient (Wildman–Crippen LogP) is 3.32. The molecule has 0 saturated carbocycles. The van der Waals surface area contributed by atoms with Crippen molar-refractivity contribution in [3.8, 4) is 11.5 Å². The van der Waals surface area contributed by atoms with Crippen LogP contribution < -0.4 is 14.8 Å².